The molecule has 2 aromatic heterocycles. The zero-order valence-corrected chi connectivity index (χ0v) is 14.0. The molecule has 1 saturated carbocycles. The Hall–Kier alpha value is -2.89. The number of nitrogens with zero attached hydrogens (tertiary/aromatic N) is 3. The quantitative estimate of drug-likeness (QED) is 0.770. The van der Waals surface area contributed by atoms with Crippen molar-refractivity contribution < 1.29 is 4.79 Å². The number of fused-ring (bicyclic) bond motifs is 1. The SMILES string of the molecule is Nc1cc(C(=O)NC2CCCCC2)cc2nc(-c3ccccc3)nn12. The smallest absolute Gasteiger partial charge is 0.251 e. The van der Waals surface area contributed by atoms with Gasteiger partial charge >= 0.3 is 0 Å². The van der Waals surface area contributed by atoms with Gasteiger partial charge in [0.05, 0.1) is 0 Å². The second kappa shape index (κ2) is 6.55. The van der Waals surface area contributed by atoms with Crippen molar-refractivity contribution in [1.82, 2.24) is 19.9 Å². The molecular formula is C19H21N5O. The van der Waals surface area contributed by atoms with Crippen LogP contribution in [-0.2, 0) is 0 Å². The van der Waals surface area contributed by atoms with E-state index in [0.717, 1.165) is 18.4 Å². The lowest BCUT2D eigenvalue weighted by atomic mass is 9.95. The number of carbonyl (C=O) groups excluding carboxylic acids is 1. The molecule has 3 aromatic rings. The highest BCUT2D eigenvalue weighted by atomic mass is 16.1. The Morgan fingerprint density at radius 2 is 1.88 bits per heavy atom. The first-order chi connectivity index (χ1) is 12.2. The van der Waals surface area contributed by atoms with Crippen LogP contribution >= 0.6 is 0 Å². The standard InChI is InChI=1S/C19H21N5O/c20-16-11-14(19(25)21-15-9-5-2-6-10-15)12-17-22-18(23-24(16)17)13-7-3-1-4-8-13/h1,3-4,7-8,11-12,15H,2,5-6,9-10,20H2,(H,21,25). The van der Waals surface area contributed by atoms with E-state index >= 15 is 0 Å². The normalized spacial score (nSPS) is 15.4. The average molecular weight is 335 g/mol. The molecule has 1 aliphatic carbocycles. The molecular weight excluding hydrogens is 314 g/mol. The summed E-state index contributed by atoms with van der Waals surface area (Å²) in [5.74, 6) is 0.906. The number of pyridine rings is 1. The zero-order chi connectivity index (χ0) is 17.2. The largest absolute Gasteiger partial charge is 0.384 e. The lowest BCUT2D eigenvalue weighted by Gasteiger charge is -2.22. The van der Waals surface area contributed by atoms with Crippen LogP contribution in [0, 0.1) is 0 Å². The minimum Gasteiger partial charge on any atom is -0.384 e. The first-order valence-corrected chi connectivity index (χ1v) is 8.73. The molecule has 4 rings (SSSR count). The van der Waals surface area contributed by atoms with E-state index in [2.05, 4.69) is 15.4 Å². The first-order valence-electron chi connectivity index (χ1n) is 8.73. The lowest BCUT2D eigenvalue weighted by molar-refractivity contribution is 0.0927. The summed E-state index contributed by atoms with van der Waals surface area (Å²) in [6, 6.07) is 13.4. The van der Waals surface area contributed by atoms with Gasteiger partial charge in [0.1, 0.15) is 5.82 Å². The Balaban J connectivity index is 1.63. The van der Waals surface area contributed by atoms with Crippen LogP contribution in [0.2, 0.25) is 0 Å². The van der Waals surface area contributed by atoms with Gasteiger partial charge in [0.2, 0.25) is 0 Å². The summed E-state index contributed by atoms with van der Waals surface area (Å²) >= 11 is 0. The number of anilines is 1. The summed E-state index contributed by atoms with van der Waals surface area (Å²) in [7, 11) is 0. The van der Waals surface area contributed by atoms with Crippen molar-refractivity contribution in [2.75, 3.05) is 5.73 Å². The molecule has 3 N–H and O–H groups in total. The summed E-state index contributed by atoms with van der Waals surface area (Å²) < 4.78 is 1.57. The Kier molecular flexibility index (Phi) is 4.09. The minimum absolute atomic E-state index is 0.0923. The fourth-order valence-electron chi connectivity index (χ4n) is 3.37. The number of nitrogens with one attached hydrogen (secondary N) is 1. The van der Waals surface area contributed by atoms with Gasteiger partial charge in [0, 0.05) is 17.2 Å². The molecule has 128 valence electrons. The highest BCUT2D eigenvalue weighted by Gasteiger charge is 2.18. The number of rotatable bonds is 3. The van der Waals surface area contributed by atoms with Gasteiger partial charge in [-0.05, 0) is 25.0 Å². The summed E-state index contributed by atoms with van der Waals surface area (Å²) in [5, 5.41) is 7.56. The Bertz CT molecular complexity index is 897. The van der Waals surface area contributed by atoms with E-state index in [4.69, 9.17) is 5.73 Å². The van der Waals surface area contributed by atoms with Crippen LogP contribution in [0.5, 0.6) is 0 Å². The van der Waals surface area contributed by atoms with Crippen LogP contribution in [0.15, 0.2) is 42.5 Å². The lowest BCUT2D eigenvalue weighted by Crippen LogP contribution is -2.36. The number of hydrogen-bond acceptors (Lipinski definition) is 4. The van der Waals surface area contributed by atoms with Gasteiger partial charge in [0.25, 0.3) is 5.91 Å². The number of carbonyl (C=O) groups is 1. The molecule has 0 saturated heterocycles. The van der Waals surface area contributed by atoms with Crippen molar-refractivity contribution in [1.29, 1.82) is 0 Å². The summed E-state index contributed by atoms with van der Waals surface area (Å²) in [6.07, 6.45) is 5.71. The number of benzene rings is 1. The van der Waals surface area contributed by atoms with E-state index in [9.17, 15) is 4.79 Å². The van der Waals surface area contributed by atoms with Gasteiger partial charge in [-0.2, -0.15) is 4.52 Å². The number of hydrogen-bond donors (Lipinski definition) is 2. The number of nitrogens with two attached hydrogens (primary N) is 1. The van der Waals surface area contributed by atoms with E-state index in [1.165, 1.54) is 19.3 Å². The second-order valence-electron chi connectivity index (χ2n) is 6.55. The molecule has 1 aliphatic rings. The van der Waals surface area contributed by atoms with Gasteiger partial charge in [-0.15, -0.1) is 5.10 Å². The third-order valence-electron chi connectivity index (χ3n) is 4.70. The molecule has 1 amide bonds. The van der Waals surface area contributed by atoms with Crippen molar-refractivity contribution in [2.24, 2.45) is 0 Å². The maximum absolute atomic E-state index is 12.6. The number of amides is 1. The van der Waals surface area contributed by atoms with Gasteiger partial charge < -0.3 is 11.1 Å². The highest BCUT2D eigenvalue weighted by molar-refractivity contribution is 5.96. The maximum Gasteiger partial charge on any atom is 0.251 e. The van der Waals surface area contributed by atoms with E-state index < -0.39 is 0 Å². The molecule has 0 radical (unpaired) electrons. The fourth-order valence-corrected chi connectivity index (χ4v) is 3.37. The molecule has 1 fully saturated rings. The van der Waals surface area contributed by atoms with Crippen molar-refractivity contribution in [3.8, 4) is 11.4 Å². The predicted molar refractivity (Wildman–Crippen MR) is 97.2 cm³/mol. The van der Waals surface area contributed by atoms with Crippen LogP contribution in [0.3, 0.4) is 0 Å². The molecule has 2 heterocycles. The number of aromatic nitrogens is 3. The Labute approximate surface area is 146 Å². The maximum atomic E-state index is 12.6. The van der Waals surface area contributed by atoms with Crippen LogP contribution in [0.4, 0.5) is 5.82 Å². The van der Waals surface area contributed by atoms with Crippen molar-refractivity contribution >= 4 is 17.4 Å². The Morgan fingerprint density at radius 3 is 2.64 bits per heavy atom. The second-order valence-corrected chi connectivity index (χ2v) is 6.55. The molecule has 25 heavy (non-hydrogen) atoms. The van der Waals surface area contributed by atoms with Crippen LogP contribution < -0.4 is 11.1 Å². The predicted octanol–water partition coefficient (Wildman–Crippen LogP) is 3.04. The molecule has 0 atom stereocenters. The van der Waals surface area contributed by atoms with Crippen LogP contribution in [0.25, 0.3) is 17.0 Å². The van der Waals surface area contributed by atoms with Crippen molar-refractivity contribution in [3.05, 3.63) is 48.0 Å². The van der Waals surface area contributed by atoms with E-state index in [1.807, 2.05) is 30.3 Å². The third-order valence-corrected chi connectivity index (χ3v) is 4.70. The monoisotopic (exact) mass is 335 g/mol. The molecule has 6 heteroatoms. The summed E-state index contributed by atoms with van der Waals surface area (Å²) in [5.41, 5.74) is 8.12. The van der Waals surface area contributed by atoms with E-state index in [0.29, 0.717) is 22.9 Å². The zero-order valence-electron chi connectivity index (χ0n) is 14.0. The van der Waals surface area contributed by atoms with Gasteiger partial charge in [-0.1, -0.05) is 49.6 Å². The third kappa shape index (κ3) is 3.20. The molecule has 1 aromatic carbocycles. The van der Waals surface area contributed by atoms with E-state index in [1.54, 1.807) is 16.6 Å². The topological polar surface area (TPSA) is 85.3 Å². The van der Waals surface area contributed by atoms with Gasteiger partial charge in [-0.25, -0.2) is 4.98 Å². The first kappa shape index (κ1) is 15.6. The minimum atomic E-state index is -0.0923. The van der Waals surface area contributed by atoms with Crippen molar-refractivity contribution in [2.45, 2.75) is 38.1 Å². The summed E-state index contributed by atoms with van der Waals surface area (Å²) in [4.78, 5) is 17.1. The molecule has 0 aliphatic heterocycles. The molecule has 0 unspecified atom stereocenters. The fraction of sp³-hybridized carbons (Fsp3) is 0.316. The van der Waals surface area contributed by atoms with Gasteiger partial charge in [0.15, 0.2) is 11.5 Å². The molecule has 6 nitrogen and oxygen atoms in total. The molecule has 0 spiro atoms. The average Bonchev–Trinajstić information content (AvgIpc) is 3.08. The van der Waals surface area contributed by atoms with Crippen LogP contribution in [-0.4, -0.2) is 26.5 Å². The molecule has 0 bridgehead atoms. The van der Waals surface area contributed by atoms with E-state index in [-0.39, 0.29) is 11.9 Å². The Morgan fingerprint density at radius 1 is 1.12 bits per heavy atom. The highest BCUT2D eigenvalue weighted by Crippen LogP contribution is 2.20. The van der Waals surface area contributed by atoms with Crippen LogP contribution in [0.1, 0.15) is 42.5 Å². The van der Waals surface area contributed by atoms with Gasteiger partial charge in [-0.3, -0.25) is 4.79 Å². The van der Waals surface area contributed by atoms with Crippen molar-refractivity contribution in [3.63, 3.8) is 0 Å². The number of nitrogen functional groups attached to an aromatic ring is 1. The summed E-state index contributed by atoms with van der Waals surface area (Å²) in [6.45, 7) is 0.